The molecule has 2 rings (SSSR count). The molecule has 1 aliphatic rings. The van der Waals surface area contributed by atoms with Crippen molar-refractivity contribution < 1.29 is 19.1 Å². The van der Waals surface area contributed by atoms with Crippen LogP contribution in [0, 0.1) is 5.82 Å². The van der Waals surface area contributed by atoms with Crippen molar-refractivity contribution in [2.45, 2.75) is 24.9 Å². The second-order valence-corrected chi connectivity index (χ2v) is 4.70. The number of carboxylic acid groups (broad SMARTS) is 1. The SMILES string of the molecule is NC1CC(C(=O)O)N(C(=O)Cc2ccc(F)cc2)C1. The van der Waals surface area contributed by atoms with E-state index in [2.05, 4.69) is 0 Å². The van der Waals surface area contributed by atoms with Gasteiger partial charge in [-0.3, -0.25) is 4.79 Å². The molecule has 0 aromatic heterocycles. The lowest BCUT2D eigenvalue weighted by atomic mass is 10.1. The first-order chi connectivity index (χ1) is 8.97. The molecule has 0 aliphatic carbocycles. The number of carbonyl (C=O) groups excluding carboxylic acids is 1. The van der Waals surface area contributed by atoms with Crippen LogP contribution in [0.15, 0.2) is 24.3 Å². The second-order valence-electron chi connectivity index (χ2n) is 4.70. The fraction of sp³-hybridized carbons (Fsp3) is 0.385. The van der Waals surface area contributed by atoms with E-state index in [1.807, 2.05) is 0 Å². The third-order valence-electron chi connectivity index (χ3n) is 3.21. The highest BCUT2D eigenvalue weighted by molar-refractivity contribution is 5.85. The normalized spacial score (nSPS) is 22.5. The number of nitrogens with zero attached hydrogens (tertiary/aromatic N) is 1. The van der Waals surface area contributed by atoms with E-state index in [0.29, 0.717) is 5.56 Å². The fourth-order valence-corrected chi connectivity index (χ4v) is 2.26. The monoisotopic (exact) mass is 266 g/mol. The van der Waals surface area contributed by atoms with Crippen LogP contribution in [-0.4, -0.2) is 40.5 Å². The zero-order valence-electron chi connectivity index (χ0n) is 10.3. The van der Waals surface area contributed by atoms with Crippen LogP contribution in [0.25, 0.3) is 0 Å². The first-order valence-electron chi connectivity index (χ1n) is 5.99. The van der Waals surface area contributed by atoms with E-state index in [0.717, 1.165) is 0 Å². The number of carboxylic acids is 1. The highest BCUT2D eigenvalue weighted by Gasteiger charge is 2.37. The molecule has 102 valence electrons. The minimum absolute atomic E-state index is 0.0524. The molecule has 6 heteroatoms. The number of hydrogen-bond donors (Lipinski definition) is 2. The van der Waals surface area contributed by atoms with Crippen molar-refractivity contribution in [1.82, 2.24) is 4.90 Å². The zero-order valence-corrected chi connectivity index (χ0v) is 10.3. The summed E-state index contributed by atoms with van der Waals surface area (Å²) in [7, 11) is 0. The number of halogens is 1. The van der Waals surface area contributed by atoms with Gasteiger partial charge in [-0.05, 0) is 24.1 Å². The van der Waals surface area contributed by atoms with Crippen molar-refractivity contribution in [3.8, 4) is 0 Å². The summed E-state index contributed by atoms with van der Waals surface area (Å²) in [5, 5.41) is 9.05. The summed E-state index contributed by atoms with van der Waals surface area (Å²) in [6.07, 6.45) is 0.321. The minimum Gasteiger partial charge on any atom is -0.480 e. The quantitative estimate of drug-likeness (QED) is 0.828. The topological polar surface area (TPSA) is 83.6 Å². The van der Waals surface area contributed by atoms with E-state index in [4.69, 9.17) is 10.8 Å². The van der Waals surface area contributed by atoms with E-state index in [9.17, 15) is 14.0 Å². The Hall–Kier alpha value is -1.95. The van der Waals surface area contributed by atoms with Gasteiger partial charge < -0.3 is 15.7 Å². The van der Waals surface area contributed by atoms with Gasteiger partial charge in [-0.1, -0.05) is 12.1 Å². The molecule has 2 unspecified atom stereocenters. The number of carbonyl (C=O) groups is 2. The number of benzene rings is 1. The van der Waals surface area contributed by atoms with Crippen molar-refractivity contribution in [2.24, 2.45) is 5.73 Å². The maximum atomic E-state index is 12.8. The third-order valence-corrected chi connectivity index (χ3v) is 3.21. The Morgan fingerprint density at radius 1 is 1.37 bits per heavy atom. The third kappa shape index (κ3) is 3.08. The Kier molecular flexibility index (Phi) is 3.80. The highest BCUT2D eigenvalue weighted by atomic mass is 19.1. The van der Waals surface area contributed by atoms with Gasteiger partial charge in [0.2, 0.25) is 5.91 Å². The Bertz CT molecular complexity index is 489. The Labute approximate surface area is 109 Å². The summed E-state index contributed by atoms with van der Waals surface area (Å²) in [4.78, 5) is 24.4. The molecule has 0 bridgehead atoms. The van der Waals surface area contributed by atoms with Crippen molar-refractivity contribution in [1.29, 1.82) is 0 Å². The van der Waals surface area contributed by atoms with Gasteiger partial charge in [0.1, 0.15) is 11.9 Å². The molecule has 0 radical (unpaired) electrons. The summed E-state index contributed by atoms with van der Waals surface area (Å²) in [6.45, 7) is 0.247. The number of hydrogen-bond acceptors (Lipinski definition) is 3. The molecular formula is C13H15FN2O3. The molecule has 1 heterocycles. The molecule has 1 aromatic rings. The molecule has 19 heavy (non-hydrogen) atoms. The molecule has 0 spiro atoms. The number of amides is 1. The molecule has 3 N–H and O–H groups in total. The molecular weight excluding hydrogens is 251 g/mol. The average Bonchev–Trinajstić information content (AvgIpc) is 2.74. The molecule has 1 saturated heterocycles. The van der Waals surface area contributed by atoms with E-state index >= 15 is 0 Å². The maximum Gasteiger partial charge on any atom is 0.326 e. The van der Waals surface area contributed by atoms with E-state index < -0.39 is 12.0 Å². The van der Waals surface area contributed by atoms with E-state index in [-0.39, 0.29) is 37.2 Å². The lowest BCUT2D eigenvalue weighted by Crippen LogP contribution is -2.41. The van der Waals surface area contributed by atoms with Crippen LogP contribution >= 0.6 is 0 Å². The number of rotatable bonds is 3. The van der Waals surface area contributed by atoms with Gasteiger partial charge in [0.05, 0.1) is 6.42 Å². The average molecular weight is 266 g/mol. The van der Waals surface area contributed by atoms with Crippen LogP contribution in [0.4, 0.5) is 4.39 Å². The predicted octanol–water partition coefficient (Wildman–Crippen LogP) is 0.381. The summed E-state index contributed by atoms with van der Waals surface area (Å²) < 4.78 is 12.8. The van der Waals surface area contributed by atoms with Crippen LogP contribution in [0.5, 0.6) is 0 Å². The van der Waals surface area contributed by atoms with Crippen LogP contribution in [0.3, 0.4) is 0 Å². The summed E-state index contributed by atoms with van der Waals surface area (Å²) in [5.41, 5.74) is 6.35. The highest BCUT2D eigenvalue weighted by Crippen LogP contribution is 2.18. The number of nitrogens with two attached hydrogens (primary N) is 1. The first kappa shape index (κ1) is 13.5. The van der Waals surface area contributed by atoms with Gasteiger partial charge in [0.25, 0.3) is 0 Å². The summed E-state index contributed by atoms with van der Waals surface area (Å²) in [5.74, 6) is -1.71. The Morgan fingerprint density at radius 3 is 2.58 bits per heavy atom. The minimum atomic E-state index is -1.04. The molecule has 2 atom stereocenters. The van der Waals surface area contributed by atoms with Crippen LogP contribution in [-0.2, 0) is 16.0 Å². The molecule has 1 amide bonds. The largest absolute Gasteiger partial charge is 0.480 e. The van der Waals surface area contributed by atoms with Crippen LogP contribution in [0.1, 0.15) is 12.0 Å². The Balaban J connectivity index is 2.06. The lowest BCUT2D eigenvalue weighted by molar-refractivity contribution is -0.148. The zero-order chi connectivity index (χ0) is 14.0. The van der Waals surface area contributed by atoms with Crippen molar-refractivity contribution in [3.05, 3.63) is 35.6 Å². The standard InChI is InChI=1S/C13H15FN2O3/c14-9-3-1-8(2-4-9)5-12(17)16-7-10(15)6-11(16)13(18)19/h1-4,10-11H,5-7,15H2,(H,18,19). The van der Waals surface area contributed by atoms with Gasteiger partial charge >= 0.3 is 5.97 Å². The maximum absolute atomic E-state index is 12.8. The number of aliphatic carboxylic acids is 1. The molecule has 1 aliphatic heterocycles. The Morgan fingerprint density at radius 2 is 2.00 bits per heavy atom. The van der Waals surface area contributed by atoms with Gasteiger partial charge in [-0.25, -0.2) is 9.18 Å². The van der Waals surface area contributed by atoms with E-state index in [1.165, 1.54) is 29.2 Å². The van der Waals surface area contributed by atoms with Gasteiger partial charge in [-0.2, -0.15) is 0 Å². The van der Waals surface area contributed by atoms with Crippen LogP contribution < -0.4 is 5.73 Å². The number of likely N-dealkylation sites (tertiary alicyclic amines) is 1. The second kappa shape index (κ2) is 5.36. The van der Waals surface area contributed by atoms with Gasteiger partial charge in [0.15, 0.2) is 0 Å². The molecule has 5 nitrogen and oxygen atoms in total. The van der Waals surface area contributed by atoms with Crippen molar-refractivity contribution >= 4 is 11.9 Å². The molecule has 0 saturated carbocycles. The van der Waals surface area contributed by atoms with Crippen molar-refractivity contribution in [2.75, 3.05) is 6.54 Å². The van der Waals surface area contributed by atoms with Gasteiger partial charge in [-0.15, -0.1) is 0 Å². The van der Waals surface area contributed by atoms with Crippen molar-refractivity contribution in [3.63, 3.8) is 0 Å². The fourth-order valence-electron chi connectivity index (χ4n) is 2.26. The predicted molar refractivity (Wildman–Crippen MR) is 65.8 cm³/mol. The lowest BCUT2D eigenvalue weighted by Gasteiger charge is -2.21. The van der Waals surface area contributed by atoms with Gasteiger partial charge in [0, 0.05) is 12.6 Å². The summed E-state index contributed by atoms with van der Waals surface area (Å²) >= 11 is 0. The van der Waals surface area contributed by atoms with E-state index in [1.54, 1.807) is 0 Å². The van der Waals surface area contributed by atoms with Crippen LogP contribution in [0.2, 0.25) is 0 Å². The smallest absolute Gasteiger partial charge is 0.326 e. The molecule has 1 aromatic carbocycles. The first-order valence-corrected chi connectivity index (χ1v) is 5.99. The molecule has 1 fully saturated rings. The summed E-state index contributed by atoms with van der Waals surface area (Å²) in [6, 6.07) is 4.40.